The largest absolute Gasteiger partial charge is 0.481 e. The average molecular weight is 330 g/mol. The monoisotopic (exact) mass is 330 g/mol. The van der Waals surface area contributed by atoms with Crippen LogP contribution < -0.4 is 0 Å². The summed E-state index contributed by atoms with van der Waals surface area (Å²) in [5.41, 5.74) is 0. The molecule has 2 atom stereocenters. The highest BCUT2D eigenvalue weighted by molar-refractivity contribution is 6.39. The molecule has 0 aliphatic carbocycles. The Morgan fingerprint density at radius 1 is 1.09 bits per heavy atom. The van der Waals surface area contributed by atoms with E-state index in [0.29, 0.717) is 17.3 Å². The highest BCUT2D eigenvalue weighted by atomic mass is 16.5. The molecule has 0 amide bonds. The predicted octanol–water partition coefficient (Wildman–Crippen LogP) is -0.167. The van der Waals surface area contributed by atoms with Crippen molar-refractivity contribution in [3.8, 4) is 0 Å². The van der Waals surface area contributed by atoms with E-state index < -0.39 is 41.9 Å². The highest BCUT2D eigenvalue weighted by Gasteiger charge is 2.28. The molecular weight excluding hydrogens is 306 g/mol. The van der Waals surface area contributed by atoms with Crippen molar-refractivity contribution >= 4 is 29.8 Å². The SMILES string of the molecule is CC(CC(=O)C(=O)CC=O)C(=O)OC(CC(=O)O)C[N+](C)(C)C. The van der Waals surface area contributed by atoms with Gasteiger partial charge in [0.1, 0.15) is 12.8 Å². The molecule has 8 nitrogen and oxygen atoms in total. The van der Waals surface area contributed by atoms with Crippen LogP contribution in [0.2, 0.25) is 0 Å². The molecule has 0 bridgehead atoms. The minimum absolute atomic E-state index is 0.294. The van der Waals surface area contributed by atoms with Crippen molar-refractivity contribution in [3.63, 3.8) is 0 Å². The maximum absolute atomic E-state index is 12.0. The Bertz CT molecular complexity index is 479. The quantitative estimate of drug-likeness (QED) is 0.184. The van der Waals surface area contributed by atoms with Crippen LogP contribution in [0.25, 0.3) is 0 Å². The second-order valence-corrected chi connectivity index (χ2v) is 6.45. The summed E-state index contributed by atoms with van der Waals surface area (Å²) in [7, 11) is 5.48. The summed E-state index contributed by atoms with van der Waals surface area (Å²) in [6, 6.07) is 0. The number of carbonyl (C=O) groups is 5. The van der Waals surface area contributed by atoms with Crippen molar-refractivity contribution in [2.24, 2.45) is 5.92 Å². The molecule has 0 aromatic heterocycles. The fourth-order valence-corrected chi connectivity index (χ4v) is 1.89. The number of hydrogen-bond acceptors (Lipinski definition) is 6. The zero-order valence-corrected chi connectivity index (χ0v) is 13.9. The van der Waals surface area contributed by atoms with E-state index in [4.69, 9.17) is 9.84 Å². The third-order valence-electron chi connectivity index (χ3n) is 2.91. The van der Waals surface area contributed by atoms with Crippen LogP contribution in [-0.4, -0.2) is 73.2 Å². The first-order valence-corrected chi connectivity index (χ1v) is 7.18. The molecule has 0 saturated heterocycles. The lowest BCUT2D eigenvalue weighted by Gasteiger charge is -2.28. The minimum Gasteiger partial charge on any atom is -0.481 e. The van der Waals surface area contributed by atoms with Crippen LogP contribution in [-0.2, 0) is 28.7 Å². The number of ketones is 2. The van der Waals surface area contributed by atoms with Gasteiger partial charge in [0, 0.05) is 6.42 Å². The number of hydrogen-bond donors (Lipinski definition) is 1. The number of ether oxygens (including phenoxy) is 1. The van der Waals surface area contributed by atoms with Gasteiger partial charge >= 0.3 is 11.9 Å². The third kappa shape index (κ3) is 9.51. The maximum Gasteiger partial charge on any atom is 0.309 e. The Balaban J connectivity index is 4.71. The number of Topliss-reactive ketones (excluding diaryl/α,β-unsaturated/α-hetero) is 2. The van der Waals surface area contributed by atoms with Gasteiger partial charge in [-0.25, -0.2) is 0 Å². The second-order valence-electron chi connectivity index (χ2n) is 6.45. The standard InChI is InChI=1S/C15H23NO7/c1-10(7-13(19)12(18)5-6-17)15(22)23-11(8-14(20)21)9-16(2,3)4/h6,10-11H,5,7-9H2,1-4H3/p+1. The normalized spacial score (nSPS) is 13.7. The first-order chi connectivity index (χ1) is 10.5. The van der Waals surface area contributed by atoms with E-state index in [1.165, 1.54) is 6.92 Å². The number of aldehydes is 1. The molecule has 0 aromatic carbocycles. The van der Waals surface area contributed by atoms with Crippen LogP contribution in [0.15, 0.2) is 0 Å². The molecule has 23 heavy (non-hydrogen) atoms. The van der Waals surface area contributed by atoms with Gasteiger partial charge in [-0.1, -0.05) is 6.92 Å². The number of carboxylic acid groups (broad SMARTS) is 1. The van der Waals surface area contributed by atoms with Gasteiger partial charge in [-0.3, -0.25) is 19.2 Å². The van der Waals surface area contributed by atoms with Crippen LogP contribution in [0.5, 0.6) is 0 Å². The Morgan fingerprint density at radius 3 is 2.09 bits per heavy atom. The second kappa shape index (κ2) is 9.14. The number of carboxylic acids is 1. The fraction of sp³-hybridized carbons (Fsp3) is 0.667. The van der Waals surface area contributed by atoms with Crippen molar-refractivity contribution in [3.05, 3.63) is 0 Å². The van der Waals surface area contributed by atoms with Gasteiger partial charge in [0.15, 0.2) is 11.9 Å². The summed E-state index contributed by atoms with van der Waals surface area (Å²) >= 11 is 0. The number of quaternary nitrogens is 1. The molecule has 0 radical (unpaired) electrons. The van der Waals surface area contributed by atoms with Gasteiger partial charge in [-0.05, 0) is 0 Å². The van der Waals surface area contributed by atoms with Gasteiger partial charge in [0.05, 0.1) is 39.9 Å². The van der Waals surface area contributed by atoms with E-state index >= 15 is 0 Å². The molecule has 1 N–H and O–H groups in total. The maximum atomic E-state index is 12.0. The topological polar surface area (TPSA) is 115 Å². The zero-order valence-electron chi connectivity index (χ0n) is 13.9. The molecule has 130 valence electrons. The predicted molar refractivity (Wildman–Crippen MR) is 79.5 cm³/mol. The van der Waals surface area contributed by atoms with Gasteiger partial charge in [-0.2, -0.15) is 0 Å². The molecule has 0 fully saturated rings. The van der Waals surface area contributed by atoms with Gasteiger partial charge < -0.3 is 19.1 Å². The molecule has 0 spiro atoms. The summed E-state index contributed by atoms with van der Waals surface area (Å²) < 4.78 is 5.57. The first kappa shape index (κ1) is 20.9. The van der Waals surface area contributed by atoms with E-state index in [9.17, 15) is 24.0 Å². The molecule has 0 aromatic rings. The number of carbonyl (C=O) groups excluding carboxylic acids is 4. The van der Waals surface area contributed by atoms with Crippen molar-refractivity contribution in [2.45, 2.75) is 32.3 Å². The fourth-order valence-electron chi connectivity index (χ4n) is 1.89. The van der Waals surface area contributed by atoms with Crippen LogP contribution >= 0.6 is 0 Å². The number of rotatable bonds is 11. The van der Waals surface area contributed by atoms with Gasteiger partial charge in [0.2, 0.25) is 5.78 Å². The van der Waals surface area contributed by atoms with E-state index in [1.807, 2.05) is 21.1 Å². The Hall–Kier alpha value is -2.09. The summed E-state index contributed by atoms with van der Waals surface area (Å²) in [4.78, 5) is 55.8. The smallest absolute Gasteiger partial charge is 0.309 e. The highest BCUT2D eigenvalue weighted by Crippen LogP contribution is 2.12. The minimum atomic E-state index is -1.10. The van der Waals surface area contributed by atoms with Crippen molar-refractivity contribution in [1.29, 1.82) is 0 Å². The Kier molecular flexibility index (Phi) is 8.31. The number of aliphatic carboxylic acids is 1. The Labute approximate surface area is 135 Å². The average Bonchev–Trinajstić information content (AvgIpc) is 2.35. The molecule has 0 rings (SSSR count). The molecule has 0 aliphatic rings. The summed E-state index contributed by atoms with van der Waals surface area (Å²) in [5.74, 6) is -4.39. The first-order valence-electron chi connectivity index (χ1n) is 7.18. The third-order valence-corrected chi connectivity index (χ3v) is 2.91. The van der Waals surface area contributed by atoms with Gasteiger partial charge in [0.25, 0.3) is 0 Å². The van der Waals surface area contributed by atoms with Crippen LogP contribution in [0, 0.1) is 5.92 Å². The van der Waals surface area contributed by atoms with Crippen LogP contribution in [0.4, 0.5) is 0 Å². The summed E-state index contributed by atoms with van der Waals surface area (Å²) in [6.07, 6.45) is -1.72. The molecule has 0 aliphatic heterocycles. The van der Waals surface area contributed by atoms with E-state index in [2.05, 4.69) is 0 Å². The van der Waals surface area contributed by atoms with E-state index in [1.54, 1.807) is 0 Å². The molecule has 8 heteroatoms. The molecule has 2 unspecified atom stereocenters. The Morgan fingerprint density at radius 2 is 1.65 bits per heavy atom. The zero-order chi connectivity index (χ0) is 18.2. The van der Waals surface area contributed by atoms with Crippen LogP contribution in [0.3, 0.4) is 0 Å². The summed E-state index contributed by atoms with van der Waals surface area (Å²) in [5, 5.41) is 8.88. The van der Waals surface area contributed by atoms with Crippen LogP contribution in [0.1, 0.15) is 26.2 Å². The van der Waals surface area contributed by atoms with E-state index in [0.717, 1.165) is 0 Å². The lowest BCUT2D eigenvalue weighted by atomic mass is 10.0. The van der Waals surface area contributed by atoms with Crippen molar-refractivity contribution < 1.29 is 38.3 Å². The summed E-state index contributed by atoms with van der Waals surface area (Å²) in [6.45, 7) is 1.71. The van der Waals surface area contributed by atoms with Gasteiger partial charge in [-0.15, -0.1) is 0 Å². The van der Waals surface area contributed by atoms with Crippen molar-refractivity contribution in [1.82, 2.24) is 0 Å². The number of esters is 1. The number of likely N-dealkylation sites (N-methyl/N-ethyl adjacent to an activating group) is 1. The lowest BCUT2D eigenvalue weighted by Crippen LogP contribution is -2.44. The molecule has 0 heterocycles. The lowest BCUT2D eigenvalue weighted by molar-refractivity contribution is -0.873. The molecular formula is C15H24NO7+. The molecule has 0 saturated carbocycles. The number of nitrogens with zero attached hydrogens (tertiary/aromatic N) is 1. The van der Waals surface area contributed by atoms with E-state index in [-0.39, 0.29) is 12.8 Å². The van der Waals surface area contributed by atoms with Crippen molar-refractivity contribution in [2.75, 3.05) is 27.7 Å².